The molecule has 0 radical (unpaired) electrons. The Bertz CT molecular complexity index is 315. The highest BCUT2D eigenvalue weighted by atomic mass is 16.2. The fraction of sp³-hybridized carbons (Fsp3) is 0.533. The fourth-order valence-corrected chi connectivity index (χ4v) is 2.03. The summed E-state index contributed by atoms with van der Waals surface area (Å²) >= 11 is 0. The molecular weight excluding hydrogens is 210 g/mol. The summed E-state index contributed by atoms with van der Waals surface area (Å²) in [5, 5.41) is 0. The molecule has 0 saturated carbocycles. The number of rotatable bonds is 2. The van der Waals surface area contributed by atoms with Gasteiger partial charge in [-0.2, -0.15) is 0 Å². The second-order valence-corrected chi connectivity index (χ2v) is 4.10. The van der Waals surface area contributed by atoms with Crippen LogP contribution in [0.25, 0.3) is 0 Å². The maximum absolute atomic E-state index is 11.9. The van der Waals surface area contributed by atoms with E-state index in [1.165, 1.54) is 19.3 Å². The van der Waals surface area contributed by atoms with Gasteiger partial charge in [-0.25, -0.2) is 0 Å². The number of hydrogen-bond acceptors (Lipinski definition) is 1. The van der Waals surface area contributed by atoms with Gasteiger partial charge in [-0.15, -0.1) is 0 Å². The molecule has 0 unspecified atom stereocenters. The highest BCUT2D eigenvalue weighted by Gasteiger charge is 2.16. The van der Waals surface area contributed by atoms with E-state index >= 15 is 0 Å². The van der Waals surface area contributed by atoms with E-state index in [0.717, 1.165) is 18.7 Å². The van der Waals surface area contributed by atoms with Gasteiger partial charge in [0.15, 0.2) is 0 Å². The number of hydrogen-bond donors (Lipinski definition) is 0. The average Bonchev–Trinajstić information content (AvgIpc) is 2.43. The zero-order chi connectivity index (χ0) is 12.5. The molecule has 1 aromatic carbocycles. The number of piperidine rings is 1. The lowest BCUT2D eigenvalue weighted by Gasteiger charge is -2.26. The summed E-state index contributed by atoms with van der Waals surface area (Å²) in [4.78, 5) is 13.9. The van der Waals surface area contributed by atoms with E-state index < -0.39 is 0 Å². The highest BCUT2D eigenvalue weighted by Crippen LogP contribution is 2.11. The summed E-state index contributed by atoms with van der Waals surface area (Å²) in [7, 11) is 0. The lowest BCUT2D eigenvalue weighted by atomic mass is 10.1. The molecule has 0 bridgehead atoms. The quantitative estimate of drug-likeness (QED) is 0.767. The van der Waals surface area contributed by atoms with E-state index in [0.29, 0.717) is 6.42 Å². The van der Waals surface area contributed by atoms with Crippen LogP contribution < -0.4 is 0 Å². The molecule has 2 nitrogen and oxygen atoms in total. The van der Waals surface area contributed by atoms with E-state index in [4.69, 9.17) is 0 Å². The summed E-state index contributed by atoms with van der Waals surface area (Å²) in [6.07, 6.45) is 4.16. The van der Waals surface area contributed by atoms with Crippen LogP contribution in [0.2, 0.25) is 0 Å². The Kier molecular flexibility index (Phi) is 6.38. The first-order valence-corrected chi connectivity index (χ1v) is 6.68. The Morgan fingerprint density at radius 3 is 2.24 bits per heavy atom. The first-order valence-electron chi connectivity index (χ1n) is 6.68. The van der Waals surface area contributed by atoms with Gasteiger partial charge < -0.3 is 4.90 Å². The van der Waals surface area contributed by atoms with Gasteiger partial charge in [-0.05, 0) is 24.8 Å². The highest BCUT2D eigenvalue weighted by molar-refractivity contribution is 5.78. The second kappa shape index (κ2) is 7.88. The monoisotopic (exact) mass is 233 g/mol. The van der Waals surface area contributed by atoms with Crippen LogP contribution in [0.5, 0.6) is 0 Å². The predicted molar refractivity (Wildman–Crippen MR) is 71.9 cm³/mol. The van der Waals surface area contributed by atoms with Crippen LogP contribution in [-0.4, -0.2) is 23.9 Å². The predicted octanol–water partition coefficient (Wildman–Crippen LogP) is 3.27. The van der Waals surface area contributed by atoms with Gasteiger partial charge in [0.25, 0.3) is 0 Å². The van der Waals surface area contributed by atoms with E-state index in [9.17, 15) is 4.79 Å². The van der Waals surface area contributed by atoms with E-state index in [-0.39, 0.29) is 5.91 Å². The van der Waals surface area contributed by atoms with Gasteiger partial charge >= 0.3 is 0 Å². The Hall–Kier alpha value is -1.31. The minimum Gasteiger partial charge on any atom is -0.342 e. The van der Waals surface area contributed by atoms with Crippen molar-refractivity contribution in [2.75, 3.05) is 13.1 Å². The molecule has 17 heavy (non-hydrogen) atoms. The van der Waals surface area contributed by atoms with Crippen molar-refractivity contribution in [2.24, 2.45) is 0 Å². The number of carbonyl (C=O) groups is 1. The van der Waals surface area contributed by atoms with Gasteiger partial charge in [-0.1, -0.05) is 44.2 Å². The van der Waals surface area contributed by atoms with Crippen molar-refractivity contribution >= 4 is 5.91 Å². The Balaban J connectivity index is 0.000000686. The lowest BCUT2D eigenvalue weighted by molar-refractivity contribution is -0.131. The minimum absolute atomic E-state index is 0.279. The molecule has 1 heterocycles. The Labute approximate surface area is 105 Å². The molecule has 1 aliphatic rings. The Morgan fingerprint density at radius 2 is 1.65 bits per heavy atom. The zero-order valence-corrected chi connectivity index (χ0v) is 11.0. The molecule has 0 spiro atoms. The van der Waals surface area contributed by atoms with Crippen LogP contribution in [0.1, 0.15) is 38.7 Å². The first kappa shape index (κ1) is 13.8. The molecule has 1 aromatic rings. The first-order chi connectivity index (χ1) is 8.36. The van der Waals surface area contributed by atoms with Crippen molar-refractivity contribution in [1.29, 1.82) is 0 Å². The van der Waals surface area contributed by atoms with Gasteiger partial charge in [0.1, 0.15) is 0 Å². The van der Waals surface area contributed by atoms with E-state index in [1.54, 1.807) is 0 Å². The zero-order valence-electron chi connectivity index (χ0n) is 11.0. The topological polar surface area (TPSA) is 20.3 Å². The van der Waals surface area contributed by atoms with Gasteiger partial charge in [0, 0.05) is 13.1 Å². The van der Waals surface area contributed by atoms with Crippen molar-refractivity contribution < 1.29 is 4.79 Å². The van der Waals surface area contributed by atoms with Crippen LogP contribution in [0.3, 0.4) is 0 Å². The average molecular weight is 233 g/mol. The maximum Gasteiger partial charge on any atom is 0.226 e. The van der Waals surface area contributed by atoms with Gasteiger partial charge in [0.05, 0.1) is 6.42 Å². The number of likely N-dealkylation sites (tertiary alicyclic amines) is 1. The molecule has 94 valence electrons. The lowest BCUT2D eigenvalue weighted by Crippen LogP contribution is -2.36. The Morgan fingerprint density at radius 1 is 1.06 bits per heavy atom. The van der Waals surface area contributed by atoms with Crippen molar-refractivity contribution in [3.05, 3.63) is 35.9 Å². The molecule has 0 N–H and O–H groups in total. The third-order valence-electron chi connectivity index (χ3n) is 2.91. The minimum atomic E-state index is 0.279. The van der Waals surface area contributed by atoms with Crippen LogP contribution in [0.15, 0.2) is 30.3 Å². The summed E-state index contributed by atoms with van der Waals surface area (Å²) in [5.74, 6) is 0.279. The number of benzene rings is 1. The van der Waals surface area contributed by atoms with E-state index in [1.807, 2.05) is 49.1 Å². The molecule has 0 aromatic heterocycles. The summed E-state index contributed by atoms with van der Waals surface area (Å²) in [5.41, 5.74) is 1.12. The molecule has 1 aliphatic heterocycles. The van der Waals surface area contributed by atoms with Crippen molar-refractivity contribution in [3.63, 3.8) is 0 Å². The fourth-order valence-electron chi connectivity index (χ4n) is 2.03. The summed E-state index contributed by atoms with van der Waals surface area (Å²) in [6.45, 7) is 5.90. The van der Waals surface area contributed by atoms with Crippen LogP contribution >= 0.6 is 0 Å². The summed E-state index contributed by atoms with van der Waals surface area (Å²) in [6, 6.07) is 9.98. The molecule has 2 rings (SSSR count). The van der Waals surface area contributed by atoms with Crippen LogP contribution in [0.4, 0.5) is 0 Å². The van der Waals surface area contributed by atoms with Crippen LogP contribution in [0, 0.1) is 0 Å². The van der Waals surface area contributed by atoms with Crippen molar-refractivity contribution in [2.45, 2.75) is 39.5 Å². The van der Waals surface area contributed by atoms with E-state index in [2.05, 4.69) is 0 Å². The number of carbonyl (C=O) groups excluding carboxylic acids is 1. The number of nitrogens with zero attached hydrogens (tertiary/aromatic N) is 1. The largest absolute Gasteiger partial charge is 0.342 e. The third-order valence-corrected chi connectivity index (χ3v) is 2.91. The van der Waals surface area contributed by atoms with Gasteiger partial charge in [0.2, 0.25) is 5.91 Å². The molecule has 2 heteroatoms. The normalized spacial score (nSPS) is 14.8. The maximum atomic E-state index is 11.9. The molecule has 0 aliphatic carbocycles. The van der Waals surface area contributed by atoms with Crippen molar-refractivity contribution in [1.82, 2.24) is 4.90 Å². The molecule has 1 fully saturated rings. The molecule has 1 saturated heterocycles. The molecule has 0 atom stereocenters. The SMILES string of the molecule is CC.O=C(Cc1ccccc1)N1CCCCC1. The molecule has 1 amide bonds. The smallest absolute Gasteiger partial charge is 0.226 e. The number of amides is 1. The summed E-state index contributed by atoms with van der Waals surface area (Å²) < 4.78 is 0. The molecular formula is C15H23NO. The second-order valence-electron chi connectivity index (χ2n) is 4.10. The standard InChI is InChI=1S/C13H17NO.C2H6/c15-13(14-9-5-2-6-10-14)11-12-7-3-1-4-8-12;1-2/h1,3-4,7-8H,2,5-6,9-11H2;1-2H3. The van der Waals surface area contributed by atoms with Gasteiger partial charge in [-0.3, -0.25) is 4.79 Å². The van der Waals surface area contributed by atoms with Crippen LogP contribution in [-0.2, 0) is 11.2 Å². The van der Waals surface area contributed by atoms with Crippen molar-refractivity contribution in [3.8, 4) is 0 Å². The third kappa shape index (κ3) is 4.59.